The molecule has 0 unspecified atom stereocenters. The van der Waals surface area contributed by atoms with E-state index in [0.717, 1.165) is 33.0 Å². The summed E-state index contributed by atoms with van der Waals surface area (Å²) >= 11 is 3.34. The van der Waals surface area contributed by atoms with Crippen LogP contribution >= 0.6 is 15.9 Å². The average molecular weight is 334 g/mol. The minimum Gasteiger partial charge on any atom is -0.497 e. The van der Waals surface area contributed by atoms with Crippen LogP contribution in [0.2, 0.25) is 0 Å². The van der Waals surface area contributed by atoms with Gasteiger partial charge in [-0.3, -0.25) is 0 Å². The van der Waals surface area contributed by atoms with Crippen LogP contribution in [0.25, 0.3) is 16.9 Å². The average Bonchev–Trinajstić information content (AvgIpc) is 2.85. The maximum absolute atomic E-state index is 5.39. The van der Waals surface area contributed by atoms with Crippen LogP contribution in [0.3, 0.4) is 0 Å². The highest BCUT2D eigenvalue weighted by Gasteiger charge is 2.10. The van der Waals surface area contributed by atoms with Crippen molar-refractivity contribution >= 4 is 21.6 Å². The summed E-state index contributed by atoms with van der Waals surface area (Å²) in [4.78, 5) is 4.29. The second-order valence-electron chi connectivity index (χ2n) is 4.15. The molecule has 20 heavy (non-hydrogen) atoms. The van der Waals surface area contributed by atoms with Gasteiger partial charge in [-0.15, -0.1) is 0 Å². The number of hydrogen-bond acceptors (Lipinski definition) is 4. The first-order valence-electron chi connectivity index (χ1n) is 5.95. The molecule has 0 aliphatic rings. The molecule has 1 aromatic carbocycles. The molecule has 5 nitrogen and oxygen atoms in total. The van der Waals surface area contributed by atoms with Gasteiger partial charge in [0.05, 0.1) is 26.1 Å². The SMILES string of the molecule is COc1ccc(OC)c(-c2ccc3nc(Br)cn3n2)c1. The van der Waals surface area contributed by atoms with Gasteiger partial charge in [0.25, 0.3) is 0 Å². The molecule has 0 aliphatic carbocycles. The number of nitrogens with zero attached hydrogens (tertiary/aromatic N) is 3. The van der Waals surface area contributed by atoms with Gasteiger partial charge in [-0.05, 0) is 46.3 Å². The largest absolute Gasteiger partial charge is 0.497 e. The molecule has 0 fully saturated rings. The Labute approximate surface area is 124 Å². The first-order chi connectivity index (χ1) is 9.71. The summed E-state index contributed by atoms with van der Waals surface area (Å²) in [6.07, 6.45) is 1.81. The fourth-order valence-corrected chi connectivity index (χ4v) is 2.39. The minimum absolute atomic E-state index is 0.747. The van der Waals surface area contributed by atoms with E-state index in [1.165, 1.54) is 0 Å². The van der Waals surface area contributed by atoms with Gasteiger partial charge in [-0.25, -0.2) is 9.50 Å². The van der Waals surface area contributed by atoms with Crippen LogP contribution < -0.4 is 9.47 Å². The van der Waals surface area contributed by atoms with E-state index in [9.17, 15) is 0 Å². The van der Waals surface area contributed by atoms with Crippen molar-refractivity contribution in [3.63, 3.8) is 0 Å². The van der Waals surface area contributed by atoms with Gasteiger partial charge >= 0.3 is 0 Å². The maximum Gasteiger partial charge on any atom is 0.154 e. The Hall–Kier alpha value is -2.08. The molecule has 0 saturated heterocycles. The van der Waals surface area contributed by atoms with Crippen molar-refractivity contribution < 1.29 is 9.47 Å². The van der Waals surface area contributed by atoms with Crippen molar-refractivity contribution in [3.05, 3.63) is 41.1 Å². The third kappa shape index (κ3) is 2.22. The van der Waals surface area contributed by atoms with Crippen molar-refractivity contribution in [1.29, 1.82) is 0 Å². The topological polar surface area (TPSA) is 48.7 Å². The van der Waals surface area contributed by atoms with Crippen molar-refractivity contribution in [2.75, 3.05) is 14.2 Å². The predicted molar refractivity (Wildman–Crippen MR) is 79.2 cm³/mol. The predicted octanol–water partition coefficient (Wildman–Crippen LogP) is 3.18. The van der Waals surface area contributed by atoms with Crippen molar-refractivity contribution in [2.45, 2.75) is 0 Å². The third-order valence-corrected chi connectivity index (χ3v) is 3.36. The third-order valence-electron chi connectivity index (χ3n) is 2.97. The van der Waals surface area contributed by atoms with Crippen LogP contribution in [-0.2, 0) is 0 Å². The van der Waals surface area contributed by atoms with Gasteiger partial charge in [0, 0.05) is 5.56 Å². The molecule has 0 bridgehead atoms. The van der Waals surface area contributed by atoms with Crippen LogP contribution in [0.4, 0.5) is 0 Å². The lowest BCUT2D eigenvalue weighted by atomic mass is 10.1. The molecule has 2 heterocycles. The smallest absolute Gasteiger partial charge is 0.154 e. The van der Waals surface area contributed by atoms with E-state index < -0.39 is 0 Å². The lowest BCUT2D eigenvalue weighted by molar-refractivity contribution is 0.404. The van der Waals surface area contributed by atoms with Gasteiger partial charge in [-0.1, -0.05) is 0 Å². The molecule has 6 heteroatoms. The molecule has 0 N–H and O–H groups in total. The molecule has 0 radical (unpaired) electrons. The normalized spacial score (nSPS) is 10.8. The van der Waals surface area contributed by atoms with Crippen molar-refractivity contribution in [1.82, 2.24) is 14.6 Å². The number of methoxy groups -OCH3 is 2. The van der Waals surface area contributed by atoms with E-state index in [1.54, 1.807) is 18.7 Å². The first kappa shape index (κ1) is 12.9. The number of rotatable bonds is 3. The number of fused-ring (bicyclic) bond motifs is 1. The van der Waals surface area contributed by atoms with E-state index in [1.807, 2.05) is 36.5 Å². The lowest BCUT2D eigenvalue weighted by Crippen LogP contribution is -1.96. The summed E-state index contributed by atoms with van der Waals surface area (Å²) in [7, 11) is 3.27. The number of ether oxygens (including phenoxy) is 2. The molecule has 0 saturated carbocycles. The van der Waals surface area contributed by atoms with E-state index in [4.69, 9.17) is 9.47 Å². The molecule has 0 aliphatic heterocycles. The van der Waals surface area contributed by atoms with Crippen LogP contribution in [0.15, 0.2) is 41.1 Å². The Bertz CT molecular complexity index is 770. The maximum atomic E-state index is 5.39. The molecule has 0 spiro atoms. The highest BCUT2D eigenvalue weighted by molar-refractivity contribution is 9.10. The van der Waals surface area contributed by atoms with E-state index in [0.29, 0.717) is 0 Å². The standard InChI is InChI=1S/C14H12BrN3O2/c1-19-9-3-5-12(20-2)10(7-9)11-4-6-14-16-13(15)8-18(14)17-11/h3-8H,1-2H3. The second kappa shape index (κ2) is 5.13. The van der Waals surface area contributed by atoms with Crippen molar-refractivity contribution in [2.24, 2.45) is 0 Å². The molecule has 2 aromatic heterocycles. The minimum atomic E-state index is 0.747. The summed E-state index contributed by atoms with van der Waals surface area (Å²) in [6, 6.07) is 9.44. The highest BCUT2D eigenvalue weighted by atomic mass is 79.9. The van der Waals surface area contributed by atoms with Gasteiger partial charge in [0.1, 0.15) is 16.1 Å². The number of benzene rings is 1. The van der Waals surface area contributed by atoms with Crippen LogP contribution in [0.1, 0.15) is 0 Å². The number of imidazole rings is 1. The van der Waals surface area contributed by atoms with Crippen molar-refractivity contribution in [3.8, 4) is 22.8 Å². The van der Waals surface area contributed by atoms with Gasteiger partial charge < -0.3 is 9.47 Å². The second-order valence-corrected chi connectivity index (χ2v) is 4.96. The van der Waals surface area contributed by atoms with E-state index in [2.05, 4.69) is 26.0 Å². The molecular weight excluding hydrogens is 322 g/mol. The fourth-order valence-electron chi connectivity index (χ4n) is 2.01. The van der Waals surface area contributed by atoms with Gasteiger partial charge in [-0.2, -0.15) is 5.10 Å². The summed E-state index contributed by atoms with van der Waals surface area (Å²) in [6.45, 7) is 0. The summed E-state index contributed by atoms with van der Waals surface area (Å²) in [5.41, 5.74) is 2.44. The first-order valence-corrected chi connectivity index (χ1v) is 6.75. The van der Waals surface area contributed by atoms with E-state index in [-0.39, 0.29) is 0 Å². The van der Waals surface area contributed by atoms with E-state index >= 15 is 0 Å². The molecule has 3 aromatic rings. The Balaban J connectivity index is 2.17. The van der Waals surface area contributed by atoms with Gasteiger partial charge in [0.2, 0.25) is 0 Å². The molecule has 0 atom stereocenters. The lowest BCUT2D eigenvalue weighted by Gasteiger charge is -2.10. The Morgan fingerprint density at radius 1 is 1.10 bits per heavy atom. The molecule has 3 rings (SSSR count). The summed E-state index contributed by atoms with van der Waals surface area (Å²) in [5.74, 6) is 1.51. The molecule has 102 valence electrons. The quantitative estimate of drug-likeness (QED) is 0.738. The Morgan fingerprint density at radius 3 is 2.70 bits per heavy atom. The number of hydrogen-bond donors (Lipinski definition) is 0. The zero-order valence-electron chi connectivity index (χ0n) is 11.0. The Morgan fingerprint density at radius 2 is 1.95 bits per heavy atom. The highest BCUT2D eigenvalue weighted by Crippen LogP contribution is 2.32. The molecular formula is C14H12BrN3O2. The van der Waals surface area contributed by atoms with Crippen LogP contribution in [0, 0.1) is 0 Å². The number of aromatic nitrogens is 3. The number of halogens is 1. The zero-order chi connectivity index (χ0) is 14.1. The fraction of sp³-hybridized carbons (Fsp3) is 0.143. The summed E-state index contributed by atoms with van der Waals surface area (Å²) < 4.78 is 13.1. The monoisotopic (exact) mass is 333 g/mol. The van der Waals surface area contributed by atoms with Crippen LogP contribution in [-0.4, -0.2) is 28.8 Å². The van der Waals surface area contributed by atoms with Gasteiger partial charge in [0.15, 0.2) is 5.65 Å². The molecule has 0 amide bonds. The van der Waals surface area contributed by atoms with Crippen LogP contribution in [0.5, 0.6) is 11.5 Å². The Kier molecular flexibility index (Phi) is 3.31. The summed E-state index contributed by atoms with van der Waals surface area (Å²) in [5, 5.41) is 4.54. The zero-order valence-corrected chi connectivity index (χ0v) is 12.6.